The second-order valence-corrected chi connectivity index (χ2v) is 18.0. The third-order valence-electron chi connectivity index (χ3n) is 10.2. The Morgan fingerprint density at radius 2 is 1.82 bits per heavy atom. The summed E-state index contributed by atoms with van der Waals surface area (Å²) >= 11 is 12.1. The fourth-order valence-electron chi connectivity index (χ4n) is 7.30. The van der Waals surface area contributed by atoms with E-state index in [9.17, 15) is 36.8 Å². The van der Waals surface area contributed by atoms with Gasteiger partial charge in [0.15, 0.2) is 0 Å². The predicted molar refractivity (Wildman–Crippen MR) is 202 cm³/mol. The molecule has 4 aliphatic rings. The molecule has 56 heavy (non-hydrogen) atoms. The zero-order valence-corrected chi connectivity index (χ0v) is 33.4. The predicted octanol–water partition coefficient (Wildman–Crippen LogP) is 5.35. The number of sulfonamides is 1. The monoisotopic (exact) mass is 835 g/mol. The highest BCUT2D eigenvalue weighted by atomic mass is 35.5. The van der Waals surface area contributed by atoms with Gasteiger partial charge in [-0.25, -0.2) is 27.1 Å². The normalized spacial score (nSPS) is 25.5. The average molecular weight is 837 g/mol. The van der Waals surface area contributed by atoms with Crippen molar-refractivity contribution in [2.24, 2.45) is 5.92 Å². The number of benzene rings is 2. The van der Waals surface area contributed by atoms with Crippen LogP contribution in [0.1, 0.15) is 76.8 Å². The van der Waals surface area contributed by atoms with Gasteiger partial charge in [0.05, 0.1) is 18.1 Å². The lowest BCUT2D eigenvalue weighted by atomic mass is 10.0. The van der Waals surface area contributed by atoms with E-state index in [1.807, 2.05) is 6.08 Å². The third-order valence-corrected chi connectivity index (χ3v) is 12.2. The molecule has 14 nitrogen and oxygen atoms in total. The summed E-state index contributed by atoms with van der Waals surface area (Å²) < 4.78 is 54.5. The molecule has 0 radical (unpaired) electrons. The zero-order valence-electron chi connectivity index (χ0n) is 31.1. The Morgan fingerprint density at radius 1 is 1.05 bits per heavy atom. The highest BCUT2D eigenvalue weighted by molar-refractivity contribution is 7.90. The van der Waals surface area contributed by atoms with Crippen molar-refractivity contribution in [2.45, 2.75) is 113 Å². The number of amides is 5. The van der Waals surface area contributed by atoms with Crippen LogP contribution in [0.15, 0.2) is 53.4 Å². The fraction of sp³-hybridized carbons (Fsp3) is 0.500. The molecule has 1 aliphatic carbocycles. The molecule has 5 amide bonds. The van der Waals surface area contributed by atoms with Crippen molar-refractivity contribution in [3.63, 3.8) is 0 Å². The van der Waals surface area contributed by atoms with Crippen molar-refractivity contribution in [2.75, 3.05) is 6.54 Å². The van der Waals surface area contributed by atoms with Crippen LogP contribution in [0.5, 0.6) is 0 Å². The van der Waals surface area contributed by atoms with E-state index in [2.05, 4.69) is 15.4 Å². The Hall–Kier alpha value is -4.41. The molecule has 0 spiro atoms. The Kier molecular flexibility index (Phi) is 11.9. The van der Waals surface area contributed by atoms with Crippen LogP contribution in [0.25, 0.3) is 0 Å². The SMILES string of the molecule is CC(C)(C)OC(=O)N[C@H]1CCCCCC=C[C@@H]2C[C@@]2(C(=O)NS(=O)(=O)c2ccc(Cl)cc2Cl)NC(=O)[C@@H]2C[C@@H](OC(=O)N3Cc4cccc(F)c4C3)CN2C1=O. The van der Waals surface area contributed by atoms with Gasteiger partial charge >= 0.3 is 12.2 Å². The first kappa shape index (κ1) is 41.2. The number of alkyl carbamates (subject to hydrolysis) is 1. The van der Waals surface area contributed by atoms with Crippen molar-refractivity contribution in [3.8, 4) is 0 Å². The smallest absolute Gasteiger partial charge is 0.410 e. The fourth-order valence-corrected chi connectivity index (χ4v) is 9.12. The molecule has 1 saturated heterocycles. The van der Waals surface area contributed by atoms with Gasteiger partial charge in [0.2, 0.25) is 11.8 Å². The Bertz CT molecular complexity index is 2060. The summed E-state index contributed by atoms with van der Waals surface area (Å²) in [5, 5.41) is 5.36. The summed E-state index contributed by atoms with van der Waals surface area (Å²) in [7, 11) is -4.53. The van der Waals surface area contributed by atoms with Crippen LogP contribution in [0.2, 0.25) is 10.0 Å². The second kappa shape index (κ2) is 16.2. The van der Waals surface area contributed by atoms with Crippen LogP contribution in [0.3, 0.4) is 0 Å². The number of carbonyl (C=O) groups is 5. The molecule has 1 saturated carbocycles. The maximum atomic E-state index is 14.5. The molecule has 0 aromatic heterocycles. The van der Waals surface area contributed by atoms with Gasteiger partial charge in [-0.05, 0) is 76.3 Å². The van der Waals surface area contributed by atoms with Gasteiger partial charge in [-0.1, -0.05) is 60.3 Å². The van der Waals surface area contributed by atoms with Crippen molar-refractivity contribution < 1.29 is 46.3 Å². The maximum absolute atomic E-state index is 14.5. The minimum Gasteiger partial charge on any atom is -0.444 e. The Morgan fingerprint density at radius 3 is 2.54 bits per heavy atom. The van der Waals surface area contributed by atoms with Gasteiger partial charge < -0.3 is 25.0 Å². The average Bonchev–Trinajstić information content (AvgIpc) is 3.40. The second-order valence-electron chi connectivity index (χ2n) is 15.5. The zero-order chi connectivity index (χ0) is 40.6. The van der Waals surface area contributed by atoms with Crippen molar-refractivity contribution in [1.82, 2.24) is 25.2 Å². The number of ether oxygens (including phenoxy) is 2. The molecular formula is C38H44Cl2FN5O9S. The van der Waals surface area contributed by atoms with Crippen molar-refractivity contribution >= 4 is 63.1 Å². The van der Waals surface area contributed by atoms with Gasteiger partial charge in [0.1, 0.15) is 40.0 Å². The van der Waals surface area contributed by atoms with E-state index >= 15 is 0 Å². The molecule has 3 aliphatic heterocycles. The summed E-state index contributed by atoms with van der Waals surface area (Å²) in [4.78, 5) is 71.1. The number of nitrogens with one attached hydrogen (secondary N) is 3. The van der Waals surface area contributed by atoms with Crippen molar-refractivity contribution in [1.29, 1.82) is 0 Å². The number of hydrogen-bond donors (Lipinski definition) is 3. The van der Waals surface area contributed by atoms with E-state index in [1.54, 1.807) is 39.0 Å². The van der Waals surface area contributed by atoms with Gasteiger partial charge in [0, 0.05) is 29.5 Å². The number of carbonyl (C=O) groups excluding carboxylic acids is 5. The molecule has 2 aromatic rings. The van der Waals surface area contributed by atoms with Crippen LogP contribution in [0.4, 0.5) is 14.0 Å². The molecule has 3 N–H and O–H groups in total. The molecule has 18 heteroatoms. The van der Waals surface area contributed by atoms with Crippen LogP contribution in [-0.2, 0) is 47.0 Å². The number of rotatable bonds is 5. The summed E-state index contributed by atoms with van der Waals surface area (Å²) in [6.45, 7) is 4.87. The van der Waals surface area contributed by atoms with E-state index in [0.29, 0.717) is 36.8 Å². The molecule has 3 heterocycles. The van der Waals surface area contributed by atoms with Crippen molar-refractivity contribution in [3.05, 3.63) is 75.5 Å². The molecule has 5 atom stereocenters. The van der Waals surface area contributed by atoms with E-state index in [-0.39, 0.29) is 48.9 Å². The highest BCUT2D eigenvalue weighted by Gasteiger charge is 2.62. The minimum absolute atomic E-state index is 0.0291. The van der Waals surface area contributed by atoms with E-state index in [4.69, 9.17) is 32.7 Å². The third kappa shape index (κ3) is 9.24. The van der Waals surface area contributed by atoms with Crippen LogP contribution >= 0.6 is 23.2 Å². The largest absolute Gasteiger partial charge is 0.444 e. The molecule has 2 fully saturated rings. The lowest BCUT2D eigenvalue weighted by Crippen LogP contribution is -2.58. The van der Waals surface area contributed by atoms with Gasteiger partial charge in [-0.2, -0.15) is 0 Å². The van der Waals surface area contributed by atoms with E-state index in [0.717, 1.165) is 6.07 Å². The number of halogens is 3. The van der Waals surface area contributed by atoms with E-state index < -0.39 is 85.9 Å². The first-order valence-corrected chi connectivity index (χ1v) is 20.6. The van der Waals surface area contributed by atoms with Gasteiger partial charge in [-0.3, -0.25) is 19.3 Å². The summed E-state index contributed by atoms with van der Waals surface area (Å²) in [5.41, 5.74) is -1.59. The first-order chi connectivity index (χ1) is 26.4. The quantitative estimate of drug-likeness (QED) is 0.335. The molecule has 0 bridgehead atoms. The number of hydrogen-bond acceptors (Lipinski definition) is 9. The van der Waals surface area contributed by atoms with E-state index in [1.165, 1.54) is 28.0 Å². The van der Waals surface area contributed by atoms with Crippen LogP contribution in [-0.4, -0.2) is 84.0 Å². The lowest BCUT2D eigenvalue weighted by Gasteiger charge is -2.30. The minimum atomic E-state index is -4.53. The molecule has 0 unspecified atom stereocenters. The topological polar surface area (TPSA) is 181 Å². The molecule has 302 valence electrons. The van der Waals surface area contributed by atoms with Crippen LogP contribution < -0.4 is 15.4 Å². The van der Waals surface area contributed by atoms with Crippen LogP contribution in [0, 0.1) is 11.7 Å². The Labute approximate surface area is 334 Å². The Balaban J connectivity index is 1.27. The lowest BCUT2D eigenvalue weighted by molar-refractivity contribution is -0.141. The highest BCUT2D eigenvalue weighted by Crippen LogP contribution is 2.46. The molecule has 6 rings (SSSR count). The molecule has 2 aromatic carbocycles. The maximum Gasteiger partial charge on any atom is 0.410 e. The number of nitrogens with zero attached hydrogens (tertiary/aromatic N) is 2. The standard InChI is InChI=1S/C38H44Cl2FN5O9S/c1-37(2,3)55-35(50)42-29-13-8-6-4-5-7-11-23-18-38(23,34(49)44-56(52,53)31-15-14-24(39)16-27(31)40)43-32(47)30-17-25(20-46(30)33(29)48)54-36(51)45-19-22-10-9-12-28(41)26(22)21-45/h7,9-12,14-16,23,25,29-30H,4-6,8,13,17-21H2,1-3H3,(H,42,50)(H,43,47)(H,44,49)/t23-,25-,29+,30+,38-/m1/s1. The number of fused-ring (bicyclic) bond motifs is 3. The summed E-state index contributed by atoms with van der Waals surface area (Å²) in [6, 6.07) is 5.81. The summed E-state index contributed by atoms with van der Waals surface area (Å²) in [5.74, 6) is -3.49. The van der Waals surface area contributed by atoms with Gasteiger partial charge in [0.25, 0.3) is 15.9 Å². The summed E-state index contributed by atoms with van der Waals surface area (Å²) in [6.07, 6.45) is 3.61. The number of allylic oxidation sites excluding steroid dienone is 1. The van der Waals surface area contributed by atoms with Gasteiger partial charge in [-0.15, -0.1) is 0 Å². The first-order valence-electron chi connectivity index (χ1n) is 18.4. The molecular weight excluding hydrogens is 792 g/mol.